The molecule has 3 rings (SSSR count). The quantitative estimate of drug-likeness (QED) is 0.676. The van der Waals surface area contributed by atoms with Gasteiger partial charge in [0, 0.05) is 12.5 Å². The summed E-state index contributed by atoms with van der Waals surface area (Å²) in [5.74, 6) is 0.594. The maximum absolute atomic E-state index is 5.50. The van der Waals surface area contributed by atoms with E-state index in [1.54, 1.807) is 0 Å². The number of hydrogen-bond donors (Lipinski definition) is 2. The first kappa shape index (κ1) is 9.04. The van der Waals surface area contributed by atoms with E-state index in [1.807, 2.05) is 0 Å². The largest absolute Gasteiger partial charge is 0.383 e. The van der Waals surface area contributed by atoms with Crippen LogP contribution in [-0.4, -0.2) is 25.8 Å². The number of hydrogen-bond acceptors (Lipinski definition) is 3. The second-order valence-corrected chi connectivity index (χ2v) is 4.43. The molecule has 3 nitrogen and oxygen atoms in total. The average Bonchev–Trinajstić information content (AvgIpc) is 2.60. The lowest BCUT2D eigenvalue weighted by molar-refractivity contribution is 0.186. The molecule has 80 valence electrons. The molecule has 0 amide bonds. The van der Waals surface area contributed by atoms with Gasteiger partial charge >= 0.3 is 0 Å². The van der Waals surface area contributed by atoms with Gasteiger partial charge in [0.05, 0.1) is 30.6 Å². The van der Waals surface area contributed by atoms with Gasteiger partial charge in [-0.05, 0) is 18.6 Å². The lowest BCUT2D eigenvalue weighted by atomic mass is 10.0. The van der Waals surface area contributed by atoms with Gasteiger partial charge < -0.3 is 15.4 Å². The normalized spacial score (nSPS) is 28.3. The second kappa shape index (κ2) is 3.42. The third-order valence-corrected chi connectivity index (χ3v) is 3.36. The van der Waals surface area contributed by atoms with Crippen molar-refractivity contribution >= 4 is 11.4 Å². The first-order valence-electron chi connectivity index (χ1n) is 5.52. The monoisotopic (exact) mass is 204 g/mol. The van der Waals surface area contributed by atoms with Crippen molar-refractivity contribution < 1.29 is 4.74 Å². The number of nitrogens with one attached hydrogen (secondary N) is 2. The molecule has 15 heavy (non-hydrogen) atoms. The van der Waals surface area contributed by atoms with E-state index >= 15 is 0 Å². The zero-order valence-corrected chi connectivity index (χ0v) is 8.92. The summed E-state index contributed by atoms with van der Waals surface area (Å²) in [4.78, 5) is 0. The number of aryl methyl sites for hydroxylation is 1. The standard InChI is InChI=1S/C12H16N2O/c1-8-3-2-4-10-12(8)14-11-7-15-6-9(11)5-13-10/h2-4,9,11,13-14H,5-7H2,1H3. The minimum atomic E-state index is 0.472. The van der Waals surface area contributed by atoms with E-state index in [0.29, 0.717) is 12.0 Å². The SMILES string of the molecule is Cc1cccc2c1NC1COCC1CN2. The fourth-order valence-corrected chi connectivity index (χ4v) is 2.39. The molecule has 0 radical (unpaired) electrons. The molecular weight excluding hydrogens is 188 g/mol. The molecule has 2 aliphatic rings. The average molecular weight is 204 g/mol. The van der Waals surface area contributed by atoms with Gasteiger partial charge in [0.25, 0.3) is 0 Å². The summed E-state index contributed by atoms with van der Waals surface area (Å²) < 4.78 is 5.50. The maximum atomic E-state index is 5.50. The van der Waals surface area contributed by atoms with Crippen LogP contribution in [0.5, 0.6) is 0 Å². The summed E-state index contributed by atoms with van der Waals surface area (Å²) >= 11 is 0. The fraction of sp³-hybridized carbons (Fsp3) is 0.500. The Morgan fingerprint density at radius 1 is 1.33 bits per heavy atom. The van der Waals surface area contributed by atoms with Gasteiger partial charge in [0.15, 0.2) is 0 Å². The van der Waals surface area contributed by atoms with Crippen LogP contribution in [0.4, 0.5) is 11.4 Å². The molecule has 2 aliphatic heterocycles. The number of fused-ring (bicyclic) bond motifs is 2. The molecule has 1 aromatic rings. The first-order chi connectivity index (χ1) is 7.34. The van der Waals surface area contributed by atoms with Gasteiger partial charge in [-0.1, -0.05) is 12.1 Å². The number of para-hydroxylation sites is 1. The third-order valence-electron chi connectivity index (χ3n) is 3.36. The molecular formula is C12H16N2O. The maximum Gasteiger partial charge on any atom is 0.0672 e. The van der Waals surface area contributed by atoms with E-state index in [2.05, 4.69) is 35.8 Å². The van der Waals surface area contributed by atoms with Crippen molar-refractivity contribution in [2.24, 2.45) is 5.92 Å². The Balaban J connectivity index is 1.98. The molecule has 0 aliphatic carbocycles. The summed E-state index contributed by atoms with van der Waals surface area (Å²) in [6.07, 6.45) is 0. The van der Waals surface area contributed by atoms with Crippen LogP contribution in [0.25, 0.3) is 0 Å². The van der Waals surface area contributed by atoms with Crippen molar-refractivity contribution in [3.63, 3.8) is 0 Å². The Morgan fingerprint density at radius 2 is 2.27 bits per heavy atom. The van der Waals surface area contributed by atoms with Crippen LogP contribution in [0.3, 0.4) is 0 Å². The van der Waals surface area contributed by atoms with Crippen LogP contribution < -0.4 is 10.6 Å². The van der Waals surface area contributed by atoms with Crippen molar-refractivity contribution in [3.8, 4) is 0 Å². The molecule has 2 N–H and O–H groups in total. The molecule has 2 unspecified atom stereocenters. The van der Waals surface area contributed by atoms with Gasteiger partial charge in [-0.2, -0.15) is 0 Å². The highest BCUT2D eigenvalue weighted by Gasteiger charge is 2.31. The van der Waals surface area contributed by atoms with E-state index in [-0.39, 0.29) is 0 Å². The Kier molecular flexibility index (Phi) is 2.06. The molecule has 1 fully saturated rings. The summed E-state index contributed by atoms with van der Waals surface area (Å²) in [6.45, 7) is 4.86. The molecule has 1 aromatic carbocycles. The van der Waals surface area contributed by atoms with E-state index in [9.17, 15) is 0 Å². The van der Waals surface area contributed by atoms with Gasteiger partial charge in [0.1, 0.15) is 0 Å². The topological polar surface area (TPSA) is 33.3 Å². The highest BCUT2D eigenvalue weighted by atomic mass is 16.5. The highest BCUT2D eigenvalue weighted by molar-refractivity contribution is 5.73. The number of benzene rings is 1. The Bertz CT molecular complexity index is 378. The zero-order chi connectivity index (χ0) is 10.3. The number of ether oxygens (including phenoxy) is 1. The minimum Gasteiger partial charge on any atom is -0.383 e. The van der Waals surface area contributed by atoms with Gasteiger partial charge in [-0.3, -0.25) is 0 Å². The van der Waals surface area contributed by atoms with E-state index in [4.69, 9.17) is 4.74 Å². The van der Waals surface area contributed by atoms with Gasteiger partial charge in [-0.15, -0.1) is 0 Å². The first-order valence-corrected chi connectivity index (χ1v) is 5.52. The molecule has 0 spiro atoms. The highest BCUT2D eigenvalue weighted by Crippen LogP contribution is 2.32. The molecule has 0 saturated carbocycles. The van der Waals surface area contributed by atoms with Gasteiger partial charge in [-0.25, -0.2) is 0 Å². The van der Waals surface area contributed by atoms with Crippen LogP contribution >= 0.6 is 0 Å². The molecule has 0 bridgehead atoms. The van der Waals surface area contributed by atoms with Crippen LogP contribution in [0.1, 0.15) is 5.56 Å². The molecule has 3 heteroatoms. The third kappa shape index (κ3) is 1.47. The predicted octanol–water partition coefficient (Wildman–Crippen LogP) is 1.85. The van der Waals surface area contributed by atoms with E-state index in [0.717, 1.165) is 19.8 Å². The summed E-state index contributed by atoms with van der Waals surface area (Å²) in [6, 6.07) is 6.85. The van der Waals surface area contributed by atoms with Crippen molar-refractivity contribution in [1.29, 1.82) is 0 Å². The number of anilines is 2. The van der Waals surface area contributed by atoms with Crippen LogP contribution in [0, 0.1) is 12.8 Å². The Hall–Kier alpha value is -1.22. The second-order valence-electron chi connectivity index (χ2n) is 4.43. The Labute approximate surface area is 89.8 Å². The molecule has 2 heterocycles. The smallest absolute Gasteiger partial charge is 0.0672 e. The van der Waals surface area contributed by atoms with Crippen molar-refractivity contribution in [2.75, 3.05) is 30.4 Å². The fourth-order valence-electron chi connectivity index (χ4n) is 2.39. The zero-order valence-electron chi connectivity index (χ0n) is 8.92. The van der Waals surface area contributed by atoms with Crippen molar-refractivity contribution in [3.05, 3.63) is 23.8 Å². The summed E-state index contributed by atoms with van der Waals surface area (Å²) in [5.41, 5.74) is 3.77. The number of rotatable bonds is 0. The lowest BCUT2D eigenvalue weighted by Crippen LogP contribution is -2.29. The van der Waals surface area contributed by atoms with E-state index < -0.39 is 0 Å². The van der Waals surface area contributed by atoms with Gasteiger partial charge in [0.2, 0.25) is 0 Å². The summed E-state index contributed by atoms with van der Waals surface area (Å²) in [5, 5.41) is 7.10. The Morgan fingerprint density at radius 3 is 3.20 bits per heavy atom. The lowest BCUT2D eigenvalue weighted by Gasteiger charge is -2.16. The predicted molar refractivity (Wildman–Crippen MR) is 61.4 cm³/mol. The van der Waals surface area contributed by atoms with Crippen LogP contribution in [-0.2, 0) is 4.74 Å². The molecule has 0 aromatic heterocycles. The van der Waals surface area contributed by atoms with Crippen LogP contribution in [0.2, 0.25) is 0 Å². The van der Waals surface area contributed by atoms with E-state index in [1.165, 1.54) is 16.9 Å². The molecule has 2 atom stereocenters. The van der Waals surface area contributed by atoms with Crippen molar-refractivity contribution in [1.82, 2.24) is 0 Å². The molecule has 1 saturated heterocycles. The van der Waals surface area contributed by atoms with Crippen molar-refractivity contribution in [2.45, 2.75) is 13.0 Å². The summed E-state index contributed by atoms with van der Waals surface area (Å²) in [7, 11) is 0. The van der Waals surface area contributed by atoms with Crippen LogP contribution in [0.15, 0.2) is 18.2 Å². The minimum absolute atomic E-state index is 0.472.